The zero-order valence-electron chi connectivity index (χ0n) is 3.36. The molecule has 1 aromatic heterocycles. The molecule has 0 saturated carbocycles. The van der Waals surface area contributed by atoms with Gasteiger partial charge >= 0.3 is 0 Å². The first-order valence-corrected chi connectivity index (χ1v) is 3.21. The Kier molecular flexibility index (Phi) is 1.48. The molecule has 0 unspecified atom stereocenters. The van der Waals surface area contributed by atoms with Crippen molar-refractivity contribution in [1.82, 2.24) is 9.97 Å². The molecular weight excluding hydrogens is 223 g/mol. The Balaban J connectivity index is 3.30. The Hall–Kier alpha value is 0.160. The van der Waals surface area contributed by atoms with Gasteiger partial charge in [-0.2, -0.15) is 0 Å². The molecule has 0 saturated heterocycles. The third-order valence-electron chi connectivity index (χ3n) is 0.563. The van der Waals surface area contributed by atoms with Crippen LogP contribution in [0.1, 0.15) is 0 Å². The van der Waals surface area contributed by atoms with Crippen molar-refractivity contribution in [2.75, 3.05) is 0 Å². The maximum absolute atomic E-state index is 4.72. The van der Waals surface area contributed by atoms with Crippen molar-refractivity contribution in [3.8, 4) is 0 Å². The summed E-state index contributed by atoms with van der Waals surface area (Å²) in [4.78, 5) is 5.70. The van der Waals surface area contributed by atoms with E-state index in [0.717, 1.165) is 3.70 Å². The maximum atomic E-state index is 4.72. The van der Waals surface area contributed by atoms with Crippen molar-refractivity contribution >= 4 is 34.8 Å². The van der Waals surface area contributed by atoms with Crippen molar-refractivity contribution in [3.05, 3.63) is 14.7 Å². The van der Waals surface area contributed by atoms with Crippen LogP contribution in [0.15, 0.2) is 6.20 Å². The summed E-state index contributed by atoms with van der Waals surface area (Å²) in [6, 6.07) is 0. The molecule has 1 heterocycles. The van der Waals surface area contributed by atoms with Crippen molar-refractivity contribution < 1.29 is 0 Å². The molecule has 0 amide bonds. The van der Waals surface area contributed by atoms with Gasteiger partial charge in [-0.05, 0) is 34.8 Å². The molecule has 0 aliphatic carbocycles. The Bertz CT molecular complexity index is 201. The third kappa shape index (κ3) is 1.27. The van der Waals surface area contributed by atoms with Crippen LogP contribution in [0.2, 0.25) is 0 Å². The molecule has 4 heteroatoms. The lowest BCUT2D eigenvalue weighted by atomic mass is 11.0. The number of halogens is 1. The van der Waals surface area contributed by atoms with Crippen LogP contribution in [0.3, 0.4) is 0 Å². The second-order valence-corrected chi connectivity index (χ2v) is 2.66. The average Bonchev–Trinajstić information content (AvgIpc) is 1.87. The number of aromatic nitrogens is 2. The summed E-state index contributed by atoms with van der Waals surface area (Å²) in [6.07, 6.45) is 1.82. The summed E-state index contributed by atoms with van der Waals surface area (Å²) in [5.74, 6) is 0. The summed E-state index contributed by atoms with van der Waals surface area (Å²) in [5, 5.41) is 0. The fourth-order valence-electron chi connectivity index (χ4n) is 0.310. The molecule has 2 nitrogen and oxygen atoms in total. The lowest BCUT2D eigenvalue weighted by Crippen LogP contribution is -1.61. The standard InChI is InChI=1S/C3H3IN2S/c4-2-1-5-3(7)6-2/h1H,(H2,5,6,7). The van der Waals surface area contributed by atoms with Gasteiger partial charge in [0.05, 0.1) is 3.70 Å². The molecule has 1 rings (SSSR count). The smallest absolute Gasteiger partial charge is 0.175 e. The van der Waals surface area contributed by atoms with Crippen LogP contribution in [0.5, 0.6) is 0 Å². The first-order valence-electron chi connectivity index (χ1n) is 1.72. The van der Waals surface area contributed by atoms with Crippen LogP contribution < -0.4 is 0 Å². The van der Waals surface area contributed by atoms with Crippen LogP contribution in [0, 0.1) is 8.47 Å². The fraction of sp³-hybridized carbons (Fsp3) is 0. The van der Waals surface area contributed by atoms with Gasteiger partial charge in [-0.1, -0.05) is 0 Å². The quantitative estimate of drug-likeness (QED) is 0.511. The molecule has 7 heavy (non-hydrogen) atoms. The Morgan fingerprint density at radius 1 is 1.71 bits per heavy atom. The zero-order valence-corrected chi connectivity index (χ0v) is 6.34. The molecule has 0 aromatic carbocycles. The van der Waals surface area contributed by atoms with E-state index in [0.29, 0.717) is 4.77 Å². The highest BCUT2D eigenvalue weighted by Gasteiger charge is 1.80. The molecule has 1 aromatic rings. The first-order chi connectivity index (χ1) is 3.29. The molecule has 0 fully saturated rings. The summed E-state index contributed by atoms with van der Waals surface area (Å²) < 4.78 is 1.73. The lowest BCUT2D eigenvalue weighted by Gasteiger charge is -1.66. The molecule has 0 aliphatic rings. The van der Waals surface area contributed by atoms with E-state index in [-0.39, 0.29) is 0 Å². The van der Waals surface area contributed by atoms with Gasteiger partial charge in [-0.15, -0.1) is 0 Å². The number of hydrogen-bond donors (Lipinski definition) is 2. The summed E-state index contributed by atoms with van der Waals surface area (Å²) >= 11 is 6.86. The average molecular weight is 226 g/mol. The summed E-state index contributed by atoms with van der Waals surface area (Å²) in [6.45, 7) is 0. The summed E-state index contributed by atoms with van der Waals surface area (Å²) in [5.41, 5.74) is 0. The van der Waals surface area contributed by atoms with Crippen molar-refractivity contribution in [2.45, 2.75) is 0 Å². The largest absolute Gasteiger partial charge is 0.336 e. The number of imidazole rings is 1. The normalized spacial score (nSPS) is 9.29. The van der Waals surface area contributed by atoms with Crippen LogP contribution >= 0.6 is 34.8 Å². The van der Waals surface area contributed by atoms with Crippen molar-refractivity contribution in [3.63, 3.8) is 0 Å². The molecule has 0 bridgehead atoms. The highest BCUT2D eigenvalue weighted by molar-refractivity contribution is 14.1. The van der Waals surface area contributed by atoms with Crippen molar-refractivity contribution in [1.29, 1.82) is 0 Å². The number of nitrogens with one attached hydrogen (secondary N) is 2. The third-order valence-corrected chi connectivity index (χ3v) is 1.36. The number of rotatable bonds is 0. The first kappa shape index (κ1) is 5.30. The van der Waals surface area contributed by atoms with E-state index in [4.69, 9.17) is 12.2 Å². The molecule has 2 N–H and O–H groups in total. The maximum Gasteiger partial charge on any atom is 0.175 e. The van der Waals surface area contributed by atoms with E-state index in [1.165, 1.54) is 0 Å². The number of hydrogen-bond acceptors (Lipinski definition) is 1. The van der Waals surface area contributed by atoms with Gasteiger partial charge in [-0.25, -0.2) is 0 Å². The van der Waals surface area contributed by atoms with Gasteiger partial charge in [0.2, 0.25) is 0 Å². The van der Waals surface area contributed by atoms with E-state index in [2.05, 4.69) is 32.6 Å². The van der Waals surface area contributed by atoms with Gasteiger partial charge in [0.1, 0.15) is 0 Å². The minimum absolute atomic E-state index is 0.685. The molecule has 38 valence electrons. The highest BCUT2D eigenvalue weighted by atomic mass is 127. The van der Waals surface area contributed by atoms with Crippen LogP contribution in [-0.4, -0.2) is 9.97 Å². The van der Waals surface area contributed by atoms with E-state index in [9.17, 15) is 0 Å². The Morgan fingerprint density at radius 3 is 2.57 bits per heavy atom. The van der Waals surface area contributed by atoms with Crippen LogP contribution in [0.25, 0.3) is 0 Å². The van der Waals surface area contributed by atoms with Gasteiger partial charge in [0, 0.05) is 6.20 Å². The monoisotopic (exact) mass is 226 g/mol. The predicted molar refractivity (Wildman–Crippen MR) is 38.7 cm³/mol. The van der Waals surface area contributed by atoms with Gasteiger partial charge in [0.15, 0.2) is 4.77 Å². The Labute approximate surface area is 59.5 Å². The van der Waals surface area contributed by atoms with Gasteiger partial charge in [0.25, 0.3) is 0 Å². The van der Waals surface area contributed by atoms with Crippen LogP contribution in [0.4, 0.5) is 0 Å². The zero-order chi connectivity index (χ0) is 5.28. The minimum Gasteiger partial charge on any atom is -0.336 e. The second kappa shape index (κ2) is 1.95. The van der Waals surface area contributed by atoms with E-state index in [1.54, 1.807) is 0 Å². The topological polar surface area (TPSA) is 31.6 Å². The molecule has 0 aliphatic heterocycles. The van der Waals surface area contributed by atoms with Gasteiger partial charge in [-0.3, -0.25) is 0 Å². The van der Waals surface area contributed by atoms with Crippen LogP contribution in [-0.2, 0) is 0 Å². The second-order valence-electron chi connectivity index (χ2n) is 1.09. The fourth-order valence-corrected chi connectivity index (χ4v) is 1.09. The van der Waals surface area contributed by atoms with Gasteiger partial charge < -0.3 is 9.97 Å². The Morgan fingerprint density at radius 2 is 2.43 bits per heavy atom. The van der Waals surface area contributed by atoms with E-state index < -0.39 is 0 Å². The number of H-pyrrole nitrogens is 2. The minimum atomic E-state index is 0.685. The van der Waals surface area contributed by atoms with E-state index >= 15 is 0 Å². The summed E-state index contributed by atoms with van der Waals surface area (Å²) in [7, 11) is 0. The molecule has 0 radical (unpaired) electrons. The molecule has 0 spiro atoms. The SMILES string of the molecule is S=c1[nH]cc(I)[nH]1. The predicted octanol–water partition coefficient (Wildman–Crippen LogP) is 1.68. The van der Waals surface area contributed by atoms with Crippen molar-refractivity contribution in [2.24, 2.45) is 0 Å². The molecule has 0 atom stereocenters. The van der Waals surface area contributed by atoms with E-state index in [1.807, 2.05) is 6.20 Å². The molecular formula is C3H3IN2S. The number of aromatic amines is 2. The highest BCUT2D eigenvalue weighted by Crippen LogP contribution is 1.94. The lowest BCUT2D eigenvalue weighted by molar-refractivity contribution is 1.26.